The predicted molar refractivity (Wildman–Crippen MR) is 43.6 cm³/mol. The Morgan fingerprint density at radius 2 is 2.12 bits per heavy atom. The van der Waals surface area contributed by atoms with Crippen LogP contribution in [0.3, 0.4) is 0 Å². The Bertz CT molecular complexity index is 496. The molecule has 0 aromatic carbocycles. The molecule has 0 fully saturated rings. The number of hydrogen-bond donors (Lipinski definition) is 2. The predicted octanol–water partition coefficient (Wildman–Crippen LogP) is 0.444. The maximum atomic E-state index is 12.9. The maximum Gasteiger partial charge on any atom is 0.410 e. The lowest BCUT2D eigenvalue weighted by molar-refractivity contribution is -0.142. The van der Waals surface area contributed by atoms with Crippen molar-refractivity contribution >= 4 is 5.95 Å². The van der Waals surface area contributed by atoms with E-state index in [1.807, 2.05) is 5.32 Å². The van der Waals surface area contributed by atoms with Gasteiger partial charge in [-0.1, -0.05) is 0 Å². The van der Waals surface area contributed by atoms with E-state index in [4.69, 9.17) is 5.11 Å². The van der Waals surface area contributed by atoms with Crippen molar-refractivity contribution in [2.75, 3.05) is 5.32 Å². The molecule has 0 aliphatic carbocycles. The molecule has 1 aliphatic rings. The van der Waals surface area contributed by atoms with Crippen molar-refractivity contribution in [1.82, 2.24) is 9.55 Å². The topological polar surface area (TPSA) is 67.1 Å². The molecule has 9 heteroatoms. The average molecular weight is 239 g/mol. The smallest absolute Gasteiger partial charge is 0.410 e. The fourth-order valence-electron chi connectivity index (χ4n) is 1.37. The summed E-state index contributed by atoms with van der Waals surface area (Å²) in [4.78, 5) is 14.2. The van der Waals surface area contributed by atoms with Crippen LogP contribution in [0.4, 0.5) is 23.5 Å². The Balaban J connectivity index is 2.47. The Labute approximate surface area is 85.3 Å². The molecule has 2 N–H and O–H groups in total. The third-order valence-corrected chi connectivity index (χ3v) is 2.16. The molecule has 0 saturated heterocycles. The van der Waals surface area contributed by atoms with Gasteiger partial charge in [0.2, 0.25) is 11.8 Å². The molecule has 0 saturated carbocycles. The SMILES string of the molecule is O=c1c(F)c(O)nc2n1CC(C(F)(F)F)N2. The summed E-state index contributed by atoms with van der Waals surface area (Å²) in [6.07, 6.45) is -4.58. The first-order valence-electron chi connectivity index (χ1n) is 4.13. The molecule has 1 atom stereocenters. The van der Waals surface area contributed by atoms with Crippen LogP contribution < -0.4 is 10.9 Å². The number of rotatable bonds is 0. The fraction of sp³-hybridized carbons (Fsp3) is 0.429. The summed E-state index contributed by atoms with van der Waals surface area (Å²) < 4.78 is 50.2. The molecule has 0 spiro atoms. The van der Waals surface area contributed by atoms with Gasteiger partial charge in [0.1, 0.15) is 6.04 Å². The van der Waals surface area contributed by atoms with E-state index >= 15 is 0 Å². The minimum absolute atomic E-state index is 0.493. The number of fused-ring (bicyclic) bond motifs is 1. The Morgan fingerprint density at radius 3 is 2.69 bits per heavy atom. The Kier molecular flexibility index (Phi) is 2.07. The van der Waals surface area contributed by atoms with Crippen molar-refractivity contribution in [1.29, 1.82) is 0 Å². The van der Waals surface area contributed by atoms with Gasteiger partial charge in [-0.2, -0.15) is 22.5 Å². The highest BCUT2D eigenvalue weighted by atomic mass is 19.4. The highest BCUT2D eigenvalue weighted by Gasteiger charge is 2.44. The molecule has 1 aromatic rings. The number of nitrogens with zero attached hydrogens (tertiary/aromatic N) is 2. The summed E-state index contributed by atoms with van der Waals surface area (Å²) in [7, 11) is 0. The van der Waals surface area contributed by atoms with Gasteiger partial charge in [-0.3, -0.25) is 9.36 Å². The van der Waals surface area contributed by atoms with E-state index in [0.29, 0.717) is 4.57 Å². The third kappa shape index (κ3) is 1.48. The van der Waals surface area contributed by atoms with E-state index in [0.717, 1.165) is 0 Å². The molecule has 5 nitrogen and oxygen atoms in total. The highest BCUT2D eigenvalue weighted by Crippen LogP contribution is 2.29. The lowest BCUT2D eigenvalue weighted by atomic mass is 10.3. The number of aromatic hydroxyl groups is 1. The number of hydrogen-bond acceptors (Lipinski definition) is 4. The van der Waals surface area contributed by atoms with Gasteiger partial charge in [0.05, 0.1) is 6.54 Å². The minimum atomic E-state index is -4.58. The van der Waals surface area contributed by atoms with Gasteiger partial charge in [-0.15, -0.1) is 0 Å². The molecule has 2 heterocycles. The molecule has 88 valence electrons. The molecule has 1 unspecified atom stereocenters. The monoisotopic (exact) mass is 239 g/mol. The van der Waals surface area contributed by atoms with E-state index in [1.54, 1.807) is 0 Å². The van der Waals surface area contributed by atoms with Gasteiger partial charge in [0, 0.05) is 0 Å². The number of alkyl halides is 3. The Morgan fingerprint density at radius 1 is 1.50 bits per heavy atom. The first-order chi connectivity index (χ1) is 7.30. The normalized spacial score (nSPS) is 19.4. The molecule has 16 heavy (non-hydrogen) atoms. The van der Waals surface area contributed by atoms with Crippen LogP contribution >= 0.6 is 0 Å². The van der Waals surface area contributed by atoms with Gasteiger partial charge in [0.15, 0.2) is 0 Å². The summed E-state index contributed by atoms with van der Waals surface area (Å²) in [5.74, 6) is -3.27. The van der Waals surface area contributed by atoms with Gasteiger partial charge in [0.25, 0.3) is 11.4 Å². The second-order valence-corrected chi connectivity index (χ2v) is 3.23. The lowest BCUT2D eigenvalue weighted by Crippen LogP contribution is -2.35. The zero-order valence-electron chi connectivity index (χ0n) is 7.55. The van der Waals surface area contributed by atoms with Crippen LogP contribution in [-0.4, -0.2) is 26.9 Å². The summed E-state index contributed by atoms with van der Waals surface area (Å²) in [5.41, 5.74) is -1.33. The van der Waals surface area contributed by atoms with E-state index < -0.39 is 42.0 Å². The maximum absolute atomic E-state index is 12.9. The number of anilines is 1. The van der Waals surface area contributed by atoms with Crippen molar-refractivity contribution < 1.29 is 22.7 Å². The zero-order valence-corrected chi connectivity index (χ0v) is 7.55. The molecule has 2 rings (SSSR count). The quantitative estimate of drug-likeness (QED) is 0.645. The van der Waals surface area contributed by atoms with Crippen molar-refractivity contribution in [3.63, 3.8) is 0 Å². The van der Waals surface area contributed by atoms with Crippen molar-refractivity contribution in [2.45, 2.75) is 18.8 Å². The molecular formula is C7H5F4N3O2. The van der Waals surface area contributed by atoms with E-state index in [1.165, 1.54) is 0 Å². The summed E-state index contributed by atoms with van der Waals surface area (Å²) >= 11 is 0. The molecular weight excluding hydrogens is 234 g/mol. The molecule has 0 amide bonds. The van der Waals surface area contributed by atoms with Gasteiger partial charge in [-0.25, -0.2) is 0 Å². The van der Waals surface area contributed by atoms with Crippen LogP contribution in [-0.2, 0) is 6.54 Å². The van der Waals surface area contributed by atoms with Gasteiger partial charge >= 0.3 is 6.18 Å². The summed E-state index contributed by atoms with van der Waals surface area (Å²) in [5, 5.41) is 10.7. The number of aromatic nitrogens is 2. The zero-order chi connectivity index (χ0) is 12.1. The third-order valence-electron chi connectivity index (χ3n) is 2.16. The minimum Gasteiger partial charge on any atom is -0.491 e. The standard InChI is InChI=1S/C7H5F4N3O2/c8-3-4(15)13-6-12-2(7(9,10)11)1-14(6)5(3)16/h2,15H,1H2,(H,12,13). The van der Waals surface area contributed by atoms with Crippen LogP contribution in [0.15, 0.2) is 4.79 Å². The van der Waals surface area contributed by atoms with Crippen LogP contribution in [0.2, 0.25) is 0 Å². The fourth-order valence-corrected chi connectivity index (χ4v) is 1.37. The van der Waals surface area contributed by atoms with E-state index in [9.17, 15) is 22.4 Å². The first kappa shape index (κ1) is 10.7. The van der Waals surface area contributed by atoms with Crippen LogP contribution in [0.1, 0.15) is 0 Å². The van der Waals surface area contributed by atoms with E-state index in [-0.39, 0.29) is 0 Å². The van der Waals surface area contributed by atoms with Crippen molar-refractivity contribution in [3.05, 3.63) is 16.2 Å². The molecule has 1 aromatic heterocycles. The van der Waals surface area contributed by atoms with Crippen LogP contribution in [0.25, 0.3) is 0 Å². The summed E-state index contributed by atoms with van der Waals surface area (Å²) in [6, 6.07) is -2.01. The largest absolute Gasteiger partial charge is 0.491 e. The highest BCUT2D eigenvalue weighted by molar-refractivity contribution is 5.36. The van der Waals surface area contributed by atoms with Gasteiger partial charge < -0.3 is 10.4 Å². The lowest BCUT2D eigenvalue weighted by Gasteiger charge is -2.13. The number of nitrogens with one attached hydrogen (secondary N) is 1. The molecule has 1 aliphatic heterocycles. The van der Waals surface area contributed by atoms with Crippen molar-refractivity contribution in [2.24, 2.45) is 0 Å². The average Bonchev–Trinajstić information content (AvgIpc) is 2.57. The van der Waals surface area contributed by atoms with Crippen LogP contribution in [0.5, 0.6) is 5.88 Å². The van der Waals surface area contributed by atoms with Gasteiger partial charge in [-0.05, 0) is 0 Å². The molecule has 0 radical (unpaired) electrons. The van der Waals surface area contributed by atoms with E-state index in [2.05, 4.69) is 4.98 Å². The summed E-state index contributed by atoms with van der Waals surface area (Å²) in [6.45, 7) is -0.762. The second kappa shape index (κ2) is 3.09. The second-order valence-electron chi connectivity index (χ2n) is 3.23. The molecule has 0 bridgehead atoms. The Hall–Kier alpha value is -1.80. The number of halogens is 4. The van der Waals surface area contributed by atoms with Crippen molar-refractivity contribution in [3.8, 4) is 5.88 Å². The van der Waals surface area contributed by atoms with Crippen LogP contribution in [0, 0.1) is 5.82 Å². The first-order valence-corrected chi connectivity index (χ1v) is 4.13.